The first-order valence-corrected chi connectivity index (χ1v) is 5.26. The van der Waals surface area contributed by atoms with E-state index in [-0.39, 0.29) is 5.56 Å². The first-order valence-electron chi connectivity index (χ1n) is 5.26. The third-order valence-electron chi connectivity index (χ3n) is 2.55. The van der Waals surface area contributed by atoms with Gasteiger partial charge in [0.25, 0.3) is 0 Å². The van der Waals surface area contributed by atoms with E-state index in [2.05, 4.69) is 15.9 Å². The molecule has 5 nitrogen and oxygen atoms in total. The molecule has 18 heavy (non-hydrogen) atoms. The van der Waals surface area contributed by atoms with Crippen LogP contribution >= 0.6 is 0 Å². The fourth-order valence-corrected chi connectivity index (χ4v) is 1.69. The van der Waals surface area contributed by atoms with Crippen LogP contribution in [0.5, 0.6) is 0 Å². The summed E-state index contributed by atoms with van der Waals surface area (Å²) in [5.41, 5.74) is 0.788. The molecule has 1 aromatic heterocycles. The fourth-order valence-electron chi connectivity index (χ4n) is 1.69. The third kappa shape index (κ3) is 2.09. The molecule has 2 rings (SSSR count). The van der Waals surface area contributed by atoms with Gasteiger partial charge in [0, 0.05) is 12.4 Å². The Morgan fingerprint density at radius 2 is 2.28 bits per heavy atom. The molecule has 0 fully saturated rings. The van der Waals surface area contributed by atoms with Crippen LogP contribution in [-0.2, 0) is 0 Å². The van der Waals surface area contributed by atoms with Crippen molar-refractivity contribution in [2.24, 2.45) is 0 Å². The lowest BCUT2D eigenvalue weighted by atomic mass is 10.1. The van der Waals surface area contributed by atoms with Crippen LogP contribution in [0, 0.1) is 12.3 Å². The number of nitrogens with zero attached hydrogens (tertiary/aromatic N) is 3. The van der Waals surface area contributed by atoms with E-state index in [1.165, 1.54) is 18.5 Å². The molecule has 0 aliphatic carbocycles. The smallest absolute Gasteiger partial charge is 0.335 e. The van der Waals surface area contributed by atoms with Crippen molar-refractivity contribution >= 4 is 22.7 Å². The van der Waals surface area contributed by atoms with Crippen LogP contribution < -0.4 is 4.90 Å². The summed E-state index contributed by atoms with van der Waals surface area (Å²) < 4.78 is 0. The largest absolute Gasteiger partial charge is 0.478 e. The topological polar surface area (TPSA) is 66.3 Å². The van der Waals surface area contributed by atoms with Gasteiger partial charge >= 0.3 is 5.97 Å². The van der Waals surface area contributed by atoms with E-state index in [0.717, 1.165) is 5.39 Å². The van der Waals surface area contributed by atoms with Crippen LogP contribution in [0.1, 0.15) is 10.4 Å². The van der Waals surface area contributed by atoms with E-state index in [0.29, 0.717) is 17.9 Å². The number of rotatable bonds is 3. The van der Waals surface area contributed by atoms with Crippen molar-refractivity contribution in [1.82, 2.24) is 9.97 Å². The minimum absolute atomic E-state index is 0.201. The highest BCUT2D eigenvalue weighted by Gasteiger charge is 2.10. The number of carbonyl (C=O) groups is 1. The second-order valence-electron chi connectivity index (χ2n) is 3.79. The average Bonchev–Trinajstić information content (AvgIpc) is 2.37. The molecule has 0 amide bonds. The number of carboxylic acid groups (broad SMARTS) is 1. The molecular formula is C13H11N3O2. The van der Waals surface area contributed by atoms with E-state index in [9.17, 15) is 4.79 Å². The minimum Gasteiger partial charge on any atom is -0.478 e. The molecule has 0 bridgehead atoms. The van der Waals surface area contributed by atoms with E-state index >= 15 is 0 Å². The van der Waals surface area contributed by atoms with Gasteiger partial charge in [0.15, 0.2) is 0 Å². The van der Waals surface area contributed by atoms with Crippen molar-refractivity contribution in [1.29, 1.82) is 0 Å². The number of aromatic nitrogens is 2. The molecule has 0 unspecified atom stereocenters. The van der Waals surface area contributed by atoms with E-state index < -0.39 is 5.97 Å². The van der Waals surface area contributed by atoms with Crippen LogP contribution in [0.25, 0.3) is 10.9 Å². The van der Waals surface area contributed by atoms with Crippen molar-refractivity contribution in [2.75, 3.05) is 18.5 Å². The average molecular weight is 241 g/mol. The van der Waals surface area contributed by atoms with Gasteiger partial charge in [-0.05, 0) is 18.2 Å². The predicted molar refractivity (Wildman–Crippen MR) is 68.6 cm³/mol. The zero-order valence-electron chi connectivity index (χ0n) is 9.79. The van der Waals surface area contributed by atoms with E-state index in [1.807, 2.05) is 11.9 Å². The predicted octanol–water partition coefficient (Wildman–Crippen LogP) is 1.40. The molecule has 0 atom stereocenters. The summed E-state index contributed by atoms with van der Waals surface area (Å²) in [4.78, 5) is 20.9. The maximum atomic E-state index is 10.9. The molecule has 0 saturated carbocycles. The highest BCUT2D eigenvalue weighted by Crippen LogP contribution is 2.22. The second-order valence-corrected chi connectivity index (χ2v) is 3.79. The molecule has 5 heteroatoms. The summed E-state index contributed by atoms with van der Waals surface area (Å²) in [5.74, 6) is 2.24. The summed E-state index contributed by atoms with van der Waals surface area (Å²) in [7, 11) is 1.83. The van der Waals surface area contributed by atoms with Crippen molar-refractivity contribution in [2.45, 2.75) is 0 Å². The summed E-state index contributed by atoms with van der Waals surface area (Å²) in [6.07, 6.45) is 6.66. The lowest BCUT2D eigenvalue weighted by Crippen LogP contribution is -2.18. The van der Waals surface area contributed by atoms with Crippen LogP contribution in [0.3, 0.4) is 0 Å². The lowest BCUT2D eigenvalue weighted by Gasteiger charge is -2.16. The Labute approximate surface area is 104 Å². The lowest BCUT2D eigenvalue weighted by molar-refractivity contribution is 0.0697. The highest BCUT2D eigenvalue weighted by molar-refractivity contribution is 5.96. The van der Waals surface area contributed by atoms with Crippen molar-refractivity contribution in [3.63, 3.8) is 0 Å². The first-order chi connectivity index (χ1) is 8.63. The Bertz CT molecular complexity index is 646. The Balaban J connectivity index is 2.58. The van der Waals surface area contributed by atoms with Gasteiger partial charge in [-0.2, -0.15) is 0 Å². The third-order valence-corrected chi connectivity index (χ3v) is 2.55. The molecule has 0 spiro atoms. The number of hydrogen-bond donors (Lipinski definition) is 1. The zero-order chi connectivity index (χ0) is 13.1. The summed E-state index contributed by atoms with van der Waals surface area (Å²) in [5, 5.41) is 9.70. The van der Waals surface area contributed by atoms with Gasteiger partial charge in [-0.25, -0.2) is 14.8 Å². The number of aromatic carboxylic acids is 1. The molecule has 0 radical (unpaired) electrons. The van der Waals surface area contributed by atoms with Gasteiger partial charge in [0.05, 0.1) is 17.6 Å². The molecule has 1 N–H and O–H groups in total. The summed E-state index contributed by atoms with van der Waals surface area (Å²) in [6.45, 7) is 0.423. The second kappa shape index (κ2) is 4.72. The number of anilines is 1. The maximum Gasteiger partial charge on any atom is 0.335 e. The summed E-state index contributed by atoms with van der Waals surface area (Å²) >= 11 is 0. The number of hydrogen-bond acceptors (Lipinski definition) is 4. The molecule has 0 saturated heterocycles. The molecule has 90 valence electrons. The Hall–Kier alpha value is -2.61. The van der Waals surface area contributed by atoms with Gasteiger partial charge in [-0.15, -0.1) is 6.42 Å². The van der Waals surface area contributed by atoms with Crippen LogP contribution in [0.4, 0.5) is 5.82 Å². The van der Waals surface area contributed by atoms with E-state index in [4.69, 9.17) is 11.5 Å². The molecule has 2 aromatic rings. The molecular weight excluding hydrogens is 230 g/mol. The van der Waals surface area contributed by atoms with Crippen molar-refractivity contribution in [3.8, 4) is 12.3 Å². The van der Waals surface area contributed by atoms with Crippen LogP contribution in [-0.4, -0.2) is 34.6 Å². The molecule has 1 aromatic carbocycles. The van der Waals surface area contributed by atoms with Crippen molar-refractivity contribution < 1.29 is 9.90 Å². The maximum absolute atomic E-state index is 10.9. The Morgan fingerprint density at radius 3 is 2.94 bits per heavy atom. The SMILES string of the molecule is C#CCN(C)c1ncnc2cc(C(=O)O)ccc12. The van der Waals surface area contributed by atoms with Gasteiger partial charge in [-0.1, -0.05) is 5.92 Å². The van der Waals surface area contributed by atoms with Crippen LogP contribution in [0.2, 0.25) is 0 Å². The number of terminal acetylenes is 1. The molecule has 0 aliphatic rings. The monoisotopic (exact) mass is 241 g/mol. The minimum atomic E-state index is -0.978. The molecule has 0 aliphatic heterocycles. The number of fused-ring (bicyclic) bond motifs is 1. The van der Waals surface area contributed by atoms with Gasteiger partial charge in [0.2, 0.25) is 0 Å². The normalized spacial score (nSPS) is 10.0. The van der Waals surface area contributed by atoms with E-state index in [1.54, 1.807) is 6.07 Å². The van der Waals surface area contributed by atoms with Crippen molar-refractivity contribution in [3.05, 3.63) is 30.1 Å². The fraction of sp³-hybridized carbons (Fsp3) is 0.154. The quantitative estimate of drug-likeness (QED) is 0.823. The van der Waals surface area contributed by atoms with Gasteiger partial charge < -0.3 is 10.0 Å². The zero-order valence-corrected chi connectivity index (χ0v) is 9.79. The number of benzene rings is 1. The molecule has 1 heterocycles. The Kier molecular flexibility index (Phi) is 3.11. The summed E-state index contributed by atoms with van der Waals surface area (Å²) in [6, 6.07) is 4.74. The first kappa shape index (κ1) is 11.9. The van der Waals surface area contributed by atoms with Gasteiger partial charge in [0.1, 0.15) is 12.1 Å². The highest BCUT2D eigenvalue weighted by atomic mass is 16.4. The van der Waals surface area contributed by atoms with Crippen LogP contribution in [0.15, 0.2) is 24.5 Å². The standard InChI is InChI=1S/C13H11N3O2/c1-3-6-16(2)12-10-5-4-9(13(17)18)7-11(10)14-8-15-12/h1,4-5,7-8H,6H2,2H3,(H,17,18). The Morgan fingerprint density at radius 1 is 1.50 bits per heavy atom. The number of carboxylic acids is 1. The van der Waals surface area contributed by atoms with Gasteiger partial charge in [-0.3, -0.25) is 0 Å².